The Morgan fingerprint density at radius 3 is 2.50 bits per heavy atom. The first kappa shape index (κ1) is 8.51. The molecule has 1 aromatic rings. The topological polar surface area (TPSA) is 25.8 Å². The molecule has 66 valence electrons. The Morgan fingerprint density at radius 1 is 1.17 bits per heavy atom. The average Bonchev–Trinajstić information content (AvgIpc) is 2.54. The maximum Gasteiger partial charge on any atom is 0.171 e. The van der Waals surface area contributed by atoms with E-state index in [9.17, 15) is 0 Å². The molecule has 0 spiro atoms. The van der Waals surface area contributed by atoms with E-state index in [1.807, 2.05) is 0 Å². The van der Waals surface area contributed by atoms with Crippen LogP contribution < -0.4 is 0 Å². The molecule has 0 radical (unpaired) electrons. The van der Waals surface area contributed by atoms with Crippen molar-refractivity contribution >= 4 is 24.0 Å². The van der Waals surface area contributed by atoms with Crippen LogP contribution in [0.15, 0.2) is 4.34 Å². The van der Waals surface area contributed by atoms with Crippen LogP contribution in [0, 0.1) is 0 Å². The first-order chi connectivity index (χ1) is 5.86. The molecular weight excluding hydrogens is 188 g/mol. The molecule has 0 aromatic carbocycles. The fourth-order valence-electron chi connectivity index (χ4n) is 1.74. The highest BCUT2D eigenvalue weighted by molar-refractivity contribution is 7.82. The van der Waals surface area contributed by atoms with E-state index in [0.29, 0.717) is 5.92 Å². The summed E-state index contributed by atoms with van der Waals surface area (Å²) in [6.45, 7) is 0. The first-order valence-corrected chi connectivity index (χ1v) is 5.65. The minimum atomic E-state index is 0.678. The Hall–Kier alpha value is -0.0900. The van der Waals surface area contributed by atoms with Crippen LogP contribution in [0.4, 0.5) is 0 Å². The van der Waals surface area contributed by atoms with Crippen molar-refractivity contribution in [3.8, 4) is 0 Å². The zero-order valence-corrected chi connectivity index (χ0v) is 8.57. The molecule has 1 fully saturated rings. The summed E-state index contributed by atoms with van der Waals surface area (Å²) in [6, 6.07) is 0. The maximum absolute atomic E-state index is 4.17. The largest absolute Gasteiger partial charge is 0.171 e. The lowest BCUT2D eigenvalue weighted by Crippen LogP contribution is -2.03. The maximum atomic E-state index is 4.17. The molecule has 0 amide bonds. The molecule has 1 aliphatic rings. The predicted molar refractivity (Wildman–Crippen MR) is 53.0 cm³/mol. The molecule has 0 atom stereocenters. The molecule has 1 aliphatic carbocycles. The summed E-state index contributed by atoms with van der Waals surface area (Å²) < 4.78 is 0.801. The van der Waals surface area contributed by atoms with Crippen molar-refractivity contribution in [2.45, 2.75) is 42.4 Å². The van der Waals surface area contributed by atoms with Crippen molar-refractivity contribution < 1.29 is 0 Å². The lowest BCUT2D eigenvalue weighted by Gasteiger charge is -2.18. The van der Waals surface area contributed by atoms with Crippen LogP contribution in [0.5, 0.6) is 0 Å². The van der Waals surface area contributed by atoms with Crippen molar-refractivity contribution in [2.24, 2.45) is 0 Å². The van der Waals surface area contributed by atoms with Gasteiger partial charge in [-0.05, 0) is 12.8 Å². The normalized spacial score (nSPS) is 19.8. The summed E-state index contributed by atoms with van der Waals surface area (Å²) in [5.74, 6) is 0.678. The Balaban J connectivity index is 2.08. The summed E-state index contributed by atoms with van der Waals surface area (Å²) >= 11 is 5.81. The fourth-order valence-corrected chi connectivity index (χ4v) is 2.82. The second-order valence-corrected chi connectivity index (χ2v) is 4.99. The van der Waals surface area contributed by atoms with Crippen LogP contribution in [0.1, 0.15) is 43.0 Å². The van der Waals surface area contributed by atoms with Crippen molar-refractivity contribution in [3.63, 3.8) is 0 Å². The van der Waals surface area contributed by atoms with Crippen LogP contribution in [-0.4, -0.2) is 10.2 Å². The van der Waals surface area contributed by atoms with Gasteiger partial charge in [-0.15, -0.1) is 22.8 Å². The number of thiol groups is 1. The molecule has 1 saturated carbocycles. The molecule has 0 N–H and O–H groups in total. The third kappa shape index (κ3) is 1.80. The van der Waals surface area contributed by atoms with Gasteiger partial charge in [0, 0.05) is 5.92 Å². The Kier molecular flexibility index (Phi) is 2.66. The molecule has 2 nitrogen and oxygen atoms in total. The summed E-state index contributed by atoms with van der Waals surface area (Å²) in [5.41, 5.74) is 0. The van der Waals surface area contributed by atoms with Gasteiger partial charge in [0.25, 0.3) is 0 Å². The van der Waals surface area contributed by atoms with Crippen LogP contribution >= 0.6 is 24.0 Å². The van der Waals surface area contributed by atoms with Gasteiger partial charge in [0.15, 0.2) is 4.34 Å². The lowest BCUT2D eigenvalue weighted by atomic mass is 9.90. The summed E-state index contributed by atoms with van der Waals surface area (Å²) in [7, 11) is 0. The van der Waals surface area contributed by atoms with Gasteiger partial charge in [0.05, 0.1) is 0 Å². The molecule has 0 unspecified atom stereocenters. The lowest BCUT2D eigenvalue weighted by molar-refractivity contribution is 0.440. The van der Waals surface area contributed by atoms with Gasteiger partial charge >= 0.3 is 0 Å². The molecule has 0 bridgehead atoms. The highest BCUT2D eigenvalue weighted by Gasteiger charge is 2.18. The predicted octanol–water partition coefficient (Wildman–Crippen LogP) is 2.87. The number of hydrogen-bond donors (Lipinski definition) is 1. The monoisotopic (exact) mass is 200 g/mol. The second kappa shape index (κ2) is 3.75. The SMILES string of the molecule is Sc1nnc(C2CCCCC2)s1. The summed E-state index contributed by atoms with van der Waals surface area (Å²) in [4.78, 5) is 0. The van der Waals surface area contributed by atoms with E-state index in [2.05, 4.69) is 22.8 Å². The molecule has 12 heavy (non-hydrogen) atoms. The van der Waals surface area contributed by atoms with Gasteiger partial charge in [-0.3, -0.25) is 0 Å². The number of rotatable bonds is 1. The van der Waals surface area contributed by atoms with Crippen LogP contribution in [0.2, 0.25) is 0 Å². The molecule has 0 saturated heterocycles. The highest BCUT2D eigenvalue weighted by atomic mass is 32.2. The number of nitrogens with zero attached hydrogens (tertiary/aromatic N) is 2. The van der Waals surface area contributed by atoms with E-state index >= 15 is 0 Å². The van der Waals surface area contributed by atoms with E-state index in [4.69, 9.17) is 0 Å². The fraction of sp³-hybridized carbons (Fsp3) is 0.750. The minimum Gasteiger partial charge on any atom is -0.142 e. The summed E-state index contributed by atoms with van der Waals surface area (Å²) in [6.07, 6.45) is 6.69. The Labute approximate surface area is 81.8 Å². The Morgan fingerprint density at radius 2 is 1.92 bits per heavy atom. The van der Waals surface area contributed by atoms with Crippen LogP contribution in [0.3, 0.4) is 0 Å². The Bertz CT molecular complexity index is 253. The van der Waals surface area contributed by atoms with Crippen molar-refractivity contribution in [1.29, 1.82) is 0 Å². The van der Waals surface area contributed by atoms with Crippen molar-refractivity contribution in [1.82, 2.24) is 10.2 Å². The zero-order valence-electron chi connectivity index (χ0n) is 6.86. The average molecular weight is 200 g/mol. The van der Waals surface area contributed by atoms with Crippen molar-refractivity contribution in [2.75, 3.05) is 0 Å². The molecule has 1 aromatic heterocycles. The minimum absolute atomic E-state index is 0.678. The number of aromatic nitrogens is 2. The van der Waals surface area contributed by atoms with E-state index in [-0.39, 0.29) is 0 Å². The van der Waals surface area contributed by atoms with Gasteiger partial charge in [-0.1, -0.05) is 30.6 Å². The summed E-state index contributed by atoms with van der Waals surface area (Å²) in [5, 5.41) is 9.25. The third-order valence-corrected chi connectivity index (χ3v) is 3.64. The zero-order chi connectivity index (χ0) is 8.39. The van der Waals surface area contributed by atoms with Gasteiger partial charge in [0.2, 0.25) is 0 Å². The highest BCUT2D eigenvalue weighted by Crippen LogP contribution is 2.34. The van der Waals surface area contributed by atoms with Crippen molar-refractivity contribution in [3.05, 3.63) is 5.01 Å². The molecule has 0 aliphatic heterocycles. The standard InChI is InChI=1S/C8H12N2S2/c11-8-10-9-7(12-8)6-4-2-1-3-5-6/h6H,1-5H2,(H,10,11). The van der Waals surface area contributed by atoms with Gasteiger partial charge in [0.1, 0.15) is 5.01 Å². The van der Waals surface area contributed by atoms with Gasteiger partial charge in [-0.2, -0.15) is 0 Å². The van der Waals surface area contributed by atoms with E-state index < -0.39 is 0 Å². The number of hydrogen-bond acceptors (Lipinski definition) is 4. The van der Waals surface area contributed by atoms with E-state index in [0.717, 1.165) is 4.34 Å². The molecular formula is C8H12N2S2. The first-order valence-electron chi connectivity index (χ1n) is 4.38. The van der Waals surface area contributed by atoms with Gasteiger partial charge < -0.3 is 0 Å². The van der Waals surface area contributed by atoms with E-state index in [1.54, 1.807) is 11.3 Å². The van der Waals surface area contributed by atoms with Crippen LogP contribution in [0.25, 0.3) is 0 Å². The molecule has 2 rings (SSSR count). The van der Waals surface area contributed by atoms with Gasteiger partial charge in [-0.25, -0.2) is 0 Å². The second-order valence-electron chi connectivity index (χ2n) is 3.26. The quantitative estimate of drug-likeness (QED) is 0.705. The van der Waals surface area contributed by atoms with Crippen LogP contribution in [-0.2, 0) is 0 Å². The van der Waals surface area contributed by atoms with E-state index in [1.165, 1.54) is 37.1 Å². The third-order valence-electron chi connectivity index (χ3n) is 2.38. The molecule has 4 heteroatoms. The molecule has 1 heterocycles. The smallest absolute Gasteiger partial charge is 0.142 e.